The SMILES string of the molecule is CC(C)CCCC(C)C1CCC2C3CC=C4C=CCCC4(C)C3CCC12C. The quantitative estimate of drug-likeness (QED) is 0.459. The topological polar surface area (TPSA) is 0 Å². The molecule has 0 nitrogen and oxygen atoms in total. The molecule has 152 valence electrons. The smallest absolute Gasteiger partial charge is 0.00445 e. The lowest BCUT2D eigenvalue weighted by Crippen LogP contribution is -2.49. The van der Waals surface area contributed by atoms with Gasteiger partial charge in [-0.15, -0.1) is 0 Å². The Morgan fingerprint density at radius 1 is 1.00 bits per heavy atom. The highest BCUT2D eigenvalue weighted by Crippen LogP contribution is 2.66. The van der Waals surface area contributed by atoms with Crippen molar-refractivity contribution >= 4 is 0 Å². The Balaban J connectivity index is 1.50. The molecule has 0 aromatic rings. The largest absolute Gasteiger partial charge is 0.0842 e. The molecule has 0 aromatic carbocycles. The fourth-order valence-corrected chi connectivity index (χ4v) is 8.32. The van der Waals surface area contributed by atoms with E-state index >= 15 is 0 Å². The summed E-state index contributed by atoms with van der Waals surface area (Å²) in [7, 11) is 0. The monoisotopic (exact) mass is 368 g/mol. The Hall–Kier alpha value is -0.520. The van der Waals surface area contributed by atoms with Crippen molar-refractivity contribution in [1.82, 2.24) is 0 Å². The van der Waals surface area contributed by atoms with E-state index in [2.05, 4.69) is 52.8 Å². The zero-order chi connectivity index (χ0) is 19.2. The first-order chi connectivity index (χ1) is 12.9. The number of fused-ring (bicyclic) bond motifs is 5. The number of hydrogen-bond donors (Lipinski definition) is 0. The molecule has 0 spiro atoms. The maximum Gasteiger partial charge on any atom is -0.00445 e. The van der Waals surface area contributed by atoms with Crippen molar-refractivity contribution < 1.29 is 0 Å². The van der Waals surface area contributed by atoms with E-state index in [4.69, 9.17) is 0 Å². The fourth-order valence-electron chi connectivity index (χ4n) is 8.32. The minimum atomic E-state index is 0.486. The lowest BCUT2D eigenvalue weighted by molar-refractivity contribution is -0.0451. The molecule has 0 amide bonds. The summed E-state index contributed by atoms with van der Waals surface area (Å²) < 4.78 is 0. The molecule has 27 heavy (non-hydrogen) atoms. The second-order valence-corrected chi connectivity index (χ2v) is 11.7. The molecule has 2 saturated carbocycles. The average Bonchev–Trinajstić information content (AvgIpc) is 2.98. The summed E-state index contributed by atoms with van der Waals surface area (Å²) in [6.45, 7) is 12.7. The first-order valence-electron chi connectivity index (χ1n) is 12.2. The Kier molecular flexibility index (Phi) is 5.41. The van der Waals surface area contributed by atoms with Crippen molar-refractivity contribution in [2.75, 3.05) is 0 Å². The van der Waals surface area contributed by atoms with Gasteiger partial charge in [0.15, 0.2) is 0 Å². The van der Waals surface area contributed by atoms with Gasteiger partial charge in [-0.3, -0.25) is 0 Å². The van der Waals surface area contributed by atoms with E-state index in [1.807, 2.05) is 0 Å². The van der Waals surface area contributed by atoms with Crippen LogP contribution in [-0.4, -0.2) is 0 Å². The molecule has 0 heterocycles. The van der Waals surface area contributed by atoms with E-state index in [9.17, 15) is 0 Å². The molecule has 4 aliphatic carbocycles. The molecule has 0 saturated heterocycles. The van der Waals surface area contributed by atoms with Crippen LogP contribution in [0.2, 0.25) is 0 Å². The maximum absolute atomic E-state index is 2.72. The van der Waals surface area contributed by atoms with Crippen LogP contribution < -0.4 is 0 Å². The van der Waals surface area contributed by atoms with Crippen LogP contribution in [0, 0.1) is 46.3 Å². The molecule has 7 atom stereocenters. The minimum Gasteiger partial charge on any atom is -0.0842 e. The van der Waals surface area contributed by atoms with Gasteiger partial charge in [0.1, 0.15) is 0 Å². The van der Waals surface area contributed by atoms with E-state index in [1.54, 1.807) is 5.57 Å². The summed E-state index contributed by atoms with van der Waals surface area (Å²) in [5.41, 5.74) is 2.81. The van der Waals surface area contributed by atoms with E-state index in [-0.39, 0.29) is 0 Å². The molecule has 7 unspecified atom stereocenters. The van der Waals surface area contributed by atoms with Gasteiger partial charge >= 0.3 is 0 Å². The first kappa shape index (κ1) is 19.8. The van der Waals surface area contributed by atoms with Crippen molar-refractivity contribution in [1.29, 1.82) is 0 Å². The van der Waals surface area contributed by atoms with Crippen LogP contribution >= 0.6 is 0 Å². The van der Waals surface area contributed by atoms with Crippen molar-refractivity contribution in [3.8, 4) is 0 Å². The Labute approximate surface area is 169 Å². The van der Waals surface area contributed by atoms with Crippen molar-refractivity contribution in [3.05, 3.63) is 23.8 Å². The summed E-state index contributed by atoms with van der Waals surface area (Å²) in [5, 5.41) is 0. The Morgan fingerprint density at radius 2 is 1.81 bits per heavy atom. The van der Waals surface area contributed by atoms with Crippen LogP contribution in [-0.2, 0) is 0 Å². The zero-order valence-corrected chi connectivity index (χ0v) is 18.8. The number of hydrogen-bond acceptors (Lipinski definition) is 0. The summed E-state index contributed by atoms with van der Waals surface area (Å²) in [6, 6.07) is 0. The van der Waals surface area contributed by atoms with Crippen LogP contribution in [0.25, 0.3) is 0 Å². The summed E-state index contributed by atoms with van der Waals surface area (Å²) in [4.78, 5) is 0. The standard InChI is InChI=1S/C27H44/c1-19(2)9-8-10-20(3)23-14-15-24-22-13-12-21-11-6-7-17-26(21,4)25(22)16-18-27(23,24)5/h6,11-12,19-20,22-25H,7-10,13-18H2,1-5H3. The van der Waals surface area contributed by atoms with E-state index in [0.29, 0.717) is 10.8 Å². The highest BCUT2D eigenvalue weighted by Gasteiger charge is 2.58. The second kappa shape index (κ2) is 7.38. The molecule has 0 bridgehead atoms. The van der Waals surface area contributed by atoms with Gasteiger partial charge in [0.2, 0.25) is 0 Å². The lowest BCUT2D eigenvalue weighted by atomic mass is 9.47. The van der Waals surface area contributed by atoms with Gasteiger partial charge in [0.05, 0.1) is 0 Å². The molecule has 0 aliphatic heterocycles. The zero-order valence-electron chi connectivity index (χ0n) is 18.8. The van der Waals surface area contributed by atoms with E-state index < -0.39 is 0 Å². The van der Waals surface area contributed by atoms with Crippen LogP contribution in [0.5, 0.6) is 0 Å². The van der Waals surface area contributed by atoms with Crippen molar-refractivity contribution in [2.45, 2.75) is 98.8 Å². The molecular formula is C27H44. The Morgan fingerprint density at radius 3 is 2.59 bits per heavy atom. The third kappa shape index (κ3) is 3.28. The molecule has 0 heteroatoms. The third-order valence-corrected chi connectivity index (χ3v) is 9.85. The summed E-state index contributed by atoms with van der Waals surface area (Å²) >= 11 is 0. The molecule has 4 aliphatic rings. The Bertz CT molecular complexity index is 595. The molecule has 4 rings (SSSR count). The van der Waals surface area contributed by atoms with Crippen LogP contribution in [0.1, 0.15) is 98.8 Å². The van der Waals surface area contributed by atoms with Gasteiger partial charge in [0.25, 0.3) is 0 Å². The normalized spacial score (nSPS) is 44.4. The maximum atomic E-state index is 2.72. The van der Waals surface area contributed by atoms with Crippen LogP contribution in [0.4, 0.5) is 0 Å². The first-order valence-corrected chi connectivity index (χ1v) is 12.2. The highest BCUT2D eigenvalue weighted by molar-refractivity contribution is 5.34. The van der Waals surface area contributed by atoms with E-state index in [1.165, 1.54) is 64.2 Å². The minimum absolute atomic E-state index is 0.486. The van der Waals surface area contributed by atoms with Gasteiger partial charge in [-0.05, 0) is 96.9 Å². The fraction of sp³-hybridized carbons (Fsp3) is 0.852. The number of allylic oxidation sites excluding steroid dienone is 4. The second-order valence-electron chi connectivity index (χ2n) is 11.7. The summed E-state index contributed by atoms with van der Waals surface area (Å²) in [6.07, 6.45) is 22.0. The molecule has 0 radical (unpaired) electrons. The number of rotatable bonds is 5. The molecule has 0 N–H and O–H groups in total. The molecule has 0 aromatic heterocycles. The van der Waals surface area contributed by atoms with Gasteiger partial charge in [0, 0.05) is 0 Å². The average molecular weight is 369 g/mol. The van der Waals surface area contributed by atoms with Crippen LogP contribution in [0.3, 0.4) is 0 Å². The van der Waals surface area contributed by atoms with Gasteiger partial charge in [-0.1, -0.05) is 72.1 Å². The van der Waals surface area contributed by atoms with Gasteiger partial charge in [-0.2, -0.15) is 0 Å². The van der Waals surface area contributed by atoms with Crippen molar-refractivity contribution in [2.24, 2.45) is 46.3 Å². The van der Waals surface area contributed by atoms with Gasteiger partial charge in [-0.25, -0.2) is 0 Å². The predicted octanol–water partition coefficient (Wildman–Crippen LogP) is 8.19. The highest BCUT2D eigenvalue weighted by atomic mass is 14.6. The van der Waals surface area contributed by atoms with Gasteiger partial charge < -0.3 is 0 Å². The third-order valence-electron chi connectivity index (χ3n) is 9.85. The van der Waals surface area contributed by atoms with E-state index in [0.717, 1.165) is 35.5 Å². The molecule has 2 fully saturated rings. The lowest BCUT2D eigenvalue weighted by Gasteiger charge is -2.57. The predicted molar refractivity (Wildman–Crippen MR) is 118 cm³/mol. The van der Waals surface area contributed by atoms with Crippen LogP contribution in [0.15, 0.2) is 23.8 Å². The molecular weight excluding hydrogens is 324 g/mol. The summed E-state index contributed by atoms with van der Waals surface area (Å²) in [5.74, 6) is 5.70. The van der Waals surface area contributed by atoms with Crippen molar-refractivity contribution in [3.63, 3.8) is 0 Å².